The van der Waals surface area contributed by atoms with Crippen molar-refractivity contribution in [3.8, 4) is 18.2 Å². The Hall–Kier alpha value is -0.301. The first kappa shape index (κ1) is 42.7. The molecule has 0 aromatic carbocycles. The maximum Gasteiger partial charge on any atom is 0.244 e. The Morgan fingerprint density at radius 2 is 1.48 bits per heavy atom. The van der Waals surface area contributed by atoms with Gasteiger partial charge < -0.3 is 8.22 Å². The Kier molecular flexibility index (Phi) is 40.8. The van der Waals surface area contributed by atoms with Gasteiger partial charge in [0.05, 0.1) is 24.6 Å². The Balaban J connectivity index is -0.0000000625. The van der Waals surface area contributed by atoms with E-state index in [9.17, 15) is 8.22 Å². The molecule has 0 N–H and O–H groups in total. The van der Waals surface area contributed by atoms with Crippen LogP contribution in [0.5, 0.6) is 0 Å². The molecule has 1 atom stereocenters. The minimum atomic E-state index is -2.50. The van der Waals surface area contributed by atoms with Crippen LogP contribution in [-0.4, -0.2) is 24.9 Å². The molecule has 174 valence electrons. The van der Waals surface area contributed by atoms with Crippen LogP contribution < -0.4 is 0 Å². The minimum Gasteiger partial charge on any atom is -0.314 e. The fourth-order valence-corrected chi connectivity index (χ4v) is 2.63. The fourth-order valence-electron chi connectivity index (χ4n) is 1.03. The van der Waals surface area contributed by atoms with Crippen molar-refractivity contribution in [2.24, 2.45) is 0 Å². The quantitative estimate of drug-likeness (QED) is 0.126. The molecule has 3 nitrogen and oxygen atoms in total. The molecule has 0 aliphatic rings. The van der Waals surface area contributed by atoms with Gasteiger partial charge in [0.15, 0.2) is 0 Å². The summed E-state index contributed by atoms with van der Waals surface area (Å²) in [4.78, 5) is 0. The molecule has 0 fully saturated rings. The van der Waals surface area contributed by atoms with Crippen LogP contribution in [0, 0.1) is 34.0 Å². The van der Waals surface area contributed by atoms with Crippen molar-refractivity contribution in [3.05, 3.63) is 12.7 Å². The fraction of sp³-hybridized carbons (Fsp3) is 0.737. The van der Waals surface area contributed by atoms with E-state index < -0.39 is 24.9 Å². The maximum atomic E-state index is 13.0. The summed E-state index contributed by atoms with van der Waals surface area (Å²) >= 11 is 5.41. The van der Waals surface area contributed by atoms with Gasteiger partial charge >= 0.3 is 0 Å². The number of nitrogens with zero attached hydrogens (tertiary/aromatic N) is 3. The second-order valence-electron chi connectivity index (χ2n) is 7.22. The molecule has 29 heavy (non-hydrogen) atoms. The summed E-state index contributed by atoms with van der Waals surface area (Å²) in [6.45, 7) is 15.9. The van der Waals surface area contributed by atoms with E-state index in [-0.39, 0.29) is 34.0 Å². The Morgan fingerprint density at radius 3 is 1.62 bits per heavy atom. The topological polar surface area (TPSA) is 71.4 Å². The van der Waals surface area contributed by atoms with Crippen molar-refractivity contribution < 1.29 is 29.3 Å². The predicted octanol–water partition coefficient (Wildman–Crippen LogP) is 7.86. The van der Waals surface area contributed by atoms with Crippen molar-refractivity contribution in [2.75, 3.05) is 0 Å². The van der Waals surface area contributed by atoms with Crippen LogP contribution in [0.4, 0.5) is 8.22 Å². The van der Waals surface area contributed by atoms with E-state index in [1.807, 2.05) is 18.2 Å². The summed E-state index contributed by atoms with van der Waals surface area (Å²) in [7, 11) is -5.52. The summed E-state index contributed by atoms with van der Waals surface area (Å²) in [5.74, 6) is 0. The molecule has 0 heterocycles. The standard InChI is InChI=1S/2C6H12FNSi.C4H5N.C2H7ClSi.CH4.Pt/c1-6(4-5-8)9(2,3)7;1-9(2,7)6-4-3-5-8;1-2-3-4-5;1-4(2)3;;/h6H,4H2,1-3H3;3-4,6H2,1-2H3;2H,1,3H2;4H,1-2H3;1H4;. The second kappa shape index (κ2) is 27.7. The molecule has 0 bridgehead atoms. The van der Waals surface area contributed by atoms with Gasteiger partial charge in [-0.05, 0) is 44.2 Å². The van der Waals surface area contributed by atoms with E-state index in [2.05, 4.69) is 19.7 Å². The van der Waals surface area contributed by atoms with Gasteiger partial charge in [0.1, 0.15) is 8.11 Å². The van der Waals surface area contributed by atoms with E-state index in [1.165, 1.54) is 0 Å². The summed E-state index contributed by atoms with van der Waals surface area (Å²) in [5, 5.41) is 24.1. The predicted molar refractivity (Wildman–Crippen MR) is 128 cm³/mol. The van der Waals surface area contributed by atoms with Crippen LogP contribution in [-0.2, 0) is 21.1 Å². The number of halogens is 3. The Bertz CT molecular complexity index is 475. The van der Waals surface area contributed by atoms with Gasteiger partial charge in [-0.25, -0.2) is 0 Å². The van der Waals surface area contributed by atoms with E-state index in [4.69, 9.17) is 26.9 Å². The number of nitriles is 3. The van der Waals surface area contributed by atoms with Gasteiger partial charge in [0.2, 0.25) is 16.8 Å². The summed E-state index contributed by atoms with van der Waals surface area (Å²) in [6.07, 6.45) is 3.61. The summed E-state index contributed by atoms with van der Waals surface area (Å²) in [6, 6.07) is 6.49. The molecule has 0 radical (unpaired) electrons. The second-order valence-corrected chi connectivity index (χ2v) is 19.9. The molecule has 10 heteroatoms. The van der Waals surface area contributed by atoms with Gasteiger partial charge in [0, 0.05) is 33.9 Å². The van der Waals surface area contributed by atoms with Crippen LogP contribution >= 0.6 is 11.1 Å². The van der Waals surface area contributed by atoms with Crippen LogP contribution in [0.1, 0.15) is 40.0 Å². The smallest absolute Gasteiger partial charge is 0.244 e. The average molecular weight is 663 g/mol. The number of rotatable bonds is 6. The number of hydrogen-bond donors (Lipinski definition) is 0. The van der Waals surface area contributed by atoms with Crippen LogP contribution in [0.3, 0.4) is 0 Å². The summed E-state index contributed by atoms with van der Waals surface area (Å²) in [5.41, 5.74) is -0.0255. The third-order valence-electron chi connectivity index (χ3n) is 2.86. The van der Waals surface area contributed by atoms with Gasteiger partial charge in [-0.3, -0.25) is 0 Å². The van der Waals surface area contributed by atoms with Crippen molar-refractivity contribution in [1.82, 2.24) is 0 Å². The van der Waals surface area contributed by atoms with Gasteiger partial charge in [-0.2, -0.15) is 26.9 Å². The van der Waals surface area contributed by atoms with Crippen molar-refractivity contribution >= 4 is 36.0 Å². The monoisotopic (exact) mass is 662 g/mol. The normalized spacial score (nSPS) is 10.1. The molecule has 0 aliphatic carbocycles. The molecule has 0 saturated heterocycles. The van der Waals surface area contributed by atoms with E-state index in [1.54, 1.807) is 39.2 Å². The Labute approximate surface area is 202 Å². The van der Waals surface area contributed by atoms with Crippen molar-refractivity contribution in [2.45, 2.75) is 90.9 Å². The van der Waals surface area contributed by atoms with E-state index >= 15 is 0 Å². The van der Waals surface area contributed by atoms with E-state index in [0.29, 0.717) is 25.3 Å². The van der Waals surface area contributed by atoms with E-state index in [0.717, 1.165) is 6.42 Å². The first-order chi connectivity index (χ1) is 12.2. The molecule has 0 spiro atoms. The third-order valence-corrected chi connectivity index (χ3v) is 6.96. The van der Waals surface area contributed by atoms with Crippen LogP contribution in [0.15, 0.2) is 12.7 Å². The zero-order chi connectivity index (χ0) is 22.5. The maximum absolute atomic E-state index is 13.0. The largest absolute Gasteiger partial charge is 0.314 e. The minimum absolute atomic E-state index is 0. The van der Waals surface area contributed by atoms with Crippen LogP contribution in [0.25, 0.3) is 0 Å². The summed E-state index contributed by atoms with van der Waals surface area (Å²) < 4.78 is 25.7. The molecule has 1 unspecified atom stereocenters. The zero-order valence-corrected chi connectivity index (χ0v) is 24.4. The van der Waals surface area contributed by atoms with Crippen molar-refractivity contribution in [1.29, 1.82) is 15.8 Å². The molecule has 0 amide bonds. The molecular weight excluding hydrogens is 623 g/mol. The SMILES string of the molecule is C.C=CCC#N.CC(CC#N)[Si](C)(C)F.C[SiH](C)Cl.C[Si](C)(F)CCCC#N.[Pt]. The zero-order valence-electron chi connectivity index (χ0n) is 18.3. The first-order valence-electron chi connectivity index (χ1n) is 8.93. The first-order valence-corrected chi connectivity index (χ1v) is 19.0. The number of hydrogen-bond acceptors (Lipinski definition) is 3. The van der Waals surface area contributed by atoms with Crippen molar-refractivity contribution in [3.63, 3.8) is 0 Å². The molecule has 0 rings (SSSR count). The molecular formula is C19H40ClF2N3PtSi3. The average Bonchev–Trinajstić information content (AvgIpc) is 2.47. The van der Waals surface area contributed by atoms with Gasteiger partial charge in [-0.15, -0.1) is 6.58 Å². The third kappa shape index (κ3) is 65.6. The molecule has 0 aromatic rings. The van der Waals surface area contributed by atoms with Gasteiger partial charge in [-0.1, -0.05) is 33.5 Å². The van der Waals surface area contributed by atoms with Crippen LogP contribution in [0.2, 0.25) is 50.9 Å². The van der Waals surface area contributed by atoms with Gasteiger partial charge in [0.25, 0.3) is 0 Å². The molecule has 0 saturated carbocycles. The molecule has 0 aromatic heterocycles. The Morgan fingerprint density at radius 1 is 1.07 bits per heavy atom. The number of allylic oxidation sites excluding steroid dienone is 1. The number of unbranched alkanes of at least 4 members (excludes halogenated alkanes) is 1. The molecule has 0 aliphatic heterocycles.